The summed E-state index contributed by atoms with van der Waals surface area (Å²) in [7, 11) is 4.75. The molecule has 2 aromatic rings. The number of hydrogen-bond acceptors (Lipinski definition) is 4. The van der Waals surface area contributed by atoms with E-state index in [4.69, 9.17) is 14.2 Å². The monoisotopic (exact) mass is 344 g/mol. The first-order valence-electron chi connectivity index (χ1n) is 8.46. The number of nitrogens with zero attached hydrogens (tertiary/aromatic N) is 1. The van der Waals surface area contributed by atoms with Gasteiger partial charge >= 0.3 is 0 Å². The first kappa shape index (κ1) is 17.2. The van der Waals surface area contributed by atoms with E-state index in [9.17, 15) is 4.79 Å². The van der Waals surface area contributed by atoms with Crippen LogP contribution in [0, 0.1) is 0 Å². The van der Waals surface area contributed by atoms with Gasteiger partial charge in [0.15, 0.2) is 11.5 Å². The topological polar surface area (TPSA) is 63.8 Å². The van der Waals surface area contributed by atoms with Crippen LogP contribution in [0.25, 0.3) is 11.1 Å². The SMILES string of the molecule is COc1cc(-c2c[nH]c(C(=O)N3CCCCC3)c2)cc(OC)c1OC. The number of amides is 1. The zero-order valence-electron chi connectivity index (χ0n) is 14.9. The molecule has 1 N–H and O–H groups in total. The second-order valence-corrected chi connectivity index (χ2v) is 6.07. The van der Waals surface area contributed by atoms with Crippen molar-refractivity contribution in [3.05, 3.63) is 30.1 Å². The third-order valence-electron chi connectivity index (χ3n) is 4.55. The fourth-order valence-electron chi connectivity index (χ4n) is 3.20. The van der Waals surface area contributed by atoms with Gasteiger partial charge in [-0.1, -0.05) is 0 Å². The summed E-state index contributed by atoms with van der Waals surface area (Å²) in [5.41, 5.74) is 2.40. The molecule has 6 heteroatoms. The third kappa shape index (κ3) is 3.43. The number of aromatic amines is 1. The van der Waals surface area contributed by atoms with Gasteiger partial charge in [0.05, 0.1) is 21.3 Å². The van der Waals surface area contributed by atoms with Gasteiger partial charge in [-0.05, 0) is 43.0 Å². The van der Waals surface area contributed by atoms with E-state index in [1.807, 2.05) is 29.3 Å². The number of likely N-dealkylation sites (tertiary alicyclic amines) is 1. The number of rotatable bonds is 5. The van der Waals surface area contributed by atoms with Gasteiger partial charge in [-0.2, -0.15) is 0 Å². The van der Waals surface area contributed by atoms with Gasteiger partial charge in [0, 0.05) is 24.8 Å². The van der Waals surface area contributed by atoms with Crippen molar-refractivity contribution in [3.8, 4) is 28.4 Å². The van der Waals surface area contributed by atoms with E-state index < -0.39 is 0 Å². The smallest absolute Gasteiger partial charge is 0.270 e. The third-order valence-corrected chi connectivity index (χ3v) is 4.55. The molecular weight excluding hydrogens is 320 g/mol. The number of carbonyl (C=O) groups excluding carboxylic acids is 1. The maximum absolute atomic E-state index is 12.6. The molecule has 1 amide bonds. The Kier molecular flexibility index (Phi) is 5.16. The Morgan fingerprint density at radius 2 is 1.56 bits per heavy atom. The standard InChI is InChI=1S/C19H24N2O4/c1-23-16-10-13(11-17(24-2)18(16)25-3)14-9-15(20-12-14)19(22)21-7-5-4-6-8-21/h9-12,20H,4-8H2,1-3H3. The van der Waals surface area contributed by atoms with E-state index >= 15 is 0 Å². The lowest BCUT2D eigenvalue weighted by atomic mass is 10.1. The number of carbonyl (C=O) groups is 1. The number of H-pyrrole nitrogens is 1. The summed E-state index contributed by atoms with van der Waals surface area (Å²) >= 11 is 0. The van der Waals surface area contributed by atoms with E-state index in [0.29, 0.717) is 22.9 Å². The van der Waals surface area contributed by atoms with Gasteiger partial charge in [-0.3, -0.25) is 4.79 Å². The van der Waals surface area contributed by atoms with Crippen LogP contribution in [0.2, 0.25) is 0 Å². The molecule has 0 radical (unpaired) electrons. The summed E-state index contributed by atoms with van der Waals surface area (Å²) < 4.78 is 16.2. The quantitative estimate of drug-likeness (QED) is 0.904. The van der Waals surface area contributed by atoms with Crippen LogP contribution in [-0.4, -0.2) is 50.2 Å². The molecule has 0 aliphatic carbocycles. The molecule has 0 unspecified atom stereocenters. The average molecular weight is 344 g/mol. The first-order chi connectivity index (χ1) is 12.2. The van der Waals surface area contributed by atoms with Crippen LogP contribution in [0.15, 0.2) is 24.4 Å². The van der Waals surface area contributed by atoms with E-state index in [2.05, 4.69) is 4.98 Å². The highest BCUT2D eigenvalue weighted by molar-refractivity contribution is 5.94. The van der Waals surface area contributed by atoms with Gasteiger partial charge in [-0.25, -0.2) is 0 Å². The molecule has 1 aromatic carbocycles. The highest BCUT2D eigenvalue weighted by atomic mass is 16.5. The van der Waals surface area contributed by atoms with Crippen molar-refractivity contribution < 1.29 is 19.0 Å². The van der Waals surface area contributed by atoms with Crippen molar-refractivity contribution in [2.45, 2.75) is 19.3 Å². The molecule has 1 aliphatic heterocycles. The lowest BCUT2D eigenvalue weighted by Gasteiger charge is -2.26. The predicted octanol–water partition coefficient (Wildman–Crippen LogP) is 3.33. The molecule has 1 aliphatic rings. The van der Waals surface area contributed by atoms with Gasteiger partial charge in [-0.15, -0.1) is 0 Å². The Hall–Kier alpha value is -2.63. The molecule has 1 aromatic heterocycles. The fraction of sp³-hybridized carbons (Fsp3) is 0.421. The minimum absolute atomic E-state index is 0.0541. The molecule has 0 saturated carbocycles. The molecule has 0 atom stereocenters. The van der Waals surface area contributed by atoms with E-state index in [0.717, 1.165) is 37.1 Å². The number of piperidine rings is 1. The van der Waals surface area contributed by atoms with E-state index in [-0.39, 0.29) is 5.91 Å². The van der Waals surface area contributed by atoms with Gasteiger partial charge < -0.3 is 24.1 Å². The molecule has 3 rings (SSSR count). The minimum atomic E-state index is 0.0541. The van der Waals surface area contributed by atoms with Crippen molar-refractivity contribution >= 4 is 5.91 Å². The normalized spacial score (nSPS) is 14.3. The first-order valence-corrected chi connectivity index (χ1v) is 8.46. The maximum Gasteiger partial charge on any atom is 0.270 e. The molecular formula is C19H24N2O4. The average Bonchev–Trinajstić information content (AvgIpc) is 3.17. The second-order valence-electron chi connectivity index (χ2n) is 6.07. The maximum atomic E-state index is 12.6. The van der Waals surface area contributed by atoms with E-state index in [1.54, 1.807) is 21.3 Å². The molecule has 1 saturated heterocycles. The summed E-state index contributed by atoms with van der Waals surface area (Å²) in [6.45, 7) is 1.66. The zero-order valence-corrected chi connectivity index (χ0v) is 14.9. The molecule has 0 bridgehead atoms. The van der Waals surface area contributed by atoms with Crippen LogP contribution in [0.3, 0.4) is 0 Å². The minimum Gasteiger partial charge on any atom is -0.493 e. The van der Waals surface area contributed by atoms with Crippen LogP contribution in [0.5, 0.6) is 17.2 Å². The molecule has 0 spiro atoms. The largest absolute Gasteiger partial charge is 0.493 e. The van der Waals surface area contributed by atoms with Crippen LogP contribution in [-0.2, 0) is 0 Å². The summed E-state index contributed by atoms with van der Waals surface area (Å²) in [6, 6.07) is 5.62. The molecule has 2 heterocycles. The fourth-order valence-corrected chi connectivity index (χ4v) is 3.20. The summed E-state index contributed by atoms with van der Waals surface area (Å²) in [6.07, 6.45) is 5.18. The molecule has 25 heavy (non-hydrogen) atoms. The summed E-state index contributed by atoms with van der Waals surface area (Å²) in [4.78, 5) is 17.6. The van der Waals surface area contributed by atoms with Crippen molar-refractivity contribution in [1.82, 2.24) is 9.88 Å². The molecule has 6 nitrogen and oxygen atoms in total. The number of hydrogen-bond donors (Lipinski definition) is 1. The number of aromatic nitrogens is 1. The molecule has 1 fully saturated rings. The Bertz CT molecular complexity index is 723. The van der Waals surface area contributed by atoms with Gasteiger partial charge in [0.2, 0.25) is 5.75 Å². The van der Waals surface area contributed by atoms with Crippen molar-refractivity contribution in [3.63, 3.8) is 0 Å². The lowest BCUT2D eigenvalue weighted by molar-refractivity contribution is 0.0719. The second kappa shape index (κ2) is 7.51. The predicted molar refractivity (Wildman–Crippen MR) is 95.6 cm³/mol. The highest BCUT2D eigenvalue weighted by Gasteiger charge is 2.20. The Labute approximate surface area is 147 Å². The summed E-state index contributed by atoms with van der Waals surface area (Å²) in [5.74, 6) is 1.77. The van der Waals surface area contributed by atoms with Crippen LogP contribution in [0.1, 0.15) is 29.8 Å². The van der Waals surface area contributed by atoms with Crippen molar-refractivity contribution in [2.24, 2.45) is 0 Å². The highest BCUT2D eigenvalue weighted by Crippen LogP contribution is 2.41. The number of nitrogens with one attached hydrogen (secondary N) is 1. The lowest BCUT2D eigenvalue weighted by Crippen LogP contribution is -2.35. The summed E-state index contributed by atoms with van der Waals surface area (Å²) in [5, 5.41) is 0. The Morgan fingerprint density at radius 3 is 2.12 bits per heavy atom. The van der Waals surface area contributed by atoms with Crippen LogP contribution >= 0.6 is 0 Å². The van der Waals surface area contributed by atoms with Crippen molar-refractivity contribution in [1.29, 1.82) is 0 Å². The number of benzene rings is 1. The number of methoxy groups -OCH3 is 3. The van der Waals surface area contributed by atoms with E-state index in [1.165, 1.54) is 6.42 Å². The Morgan fingerprint density at radius 1 is 0.920 bits per heavy atom. The van der Waals surface area contributed by atoms with Gasteiger partial charge in [0.25, 0.3) is 5.91 Å². The van der Waals surface area contributed by atoms with Crippen molar-refractivity contribution in [2.75, 3.05) is 34.4 Å². The van der Waals surface area contributed by atoms with Crippen LogP contribution < -0.4 is 14.2 Å². The molecule has 134 valence electrons. The Balaban J connectivity index is 1.90. The number of ether oxygens (including phenoxy) is 3. The van der Waals surface area contributed by atoms with Gasteiger partial charge in [0.1, 0.15) is 5.69 Å². The van der Waals surface area contributed by atoms with Crippen LogP contribution in [0.4, 0.5) is 0 Å². The zero-order chi connectivity index (χ0) is 17.8.